The number of rotatable bonds is 7. The molecule has 2 rings (SSSR count). The Labute approximate surface area is 131 Å². The zero-order valence-electron chi connectivity index (χ0n) is 14.0. The fourth-order valence-electron chi connectivity index (χ4n) is 3.73. The number of aryl methyl sites for hydroxylation is 1. The Morgan fingerprint density at radius 1 is 0.952 bits per heavy atom. The van der Waals surface area contributed by atoms with Gasteiger partial charge in [-0.3, -0.25) is 0 Å². The fraction of sp³-hybridized carbons (Fsp3) is 0.700. The van der Waals surface area contributed by atoms with Crippen LogP contribution in [-0.2, 0) is 12.8 Å². The molecule has 1 fully saturated rings. The second kappa shape index (κ2) is 9.25. The Hall–Kier alpha value is -0.820. The predicted octanol–water partition coefficient (Wildman–Crippen LogP) is 5.13. The Balaban J connectivity index is 1.90. The number of benzene rings is 1. The van der Waals surface area contributed by atoms with Gasteiger partial charge in [-0.2, -0.15) is 0 Å². The maximum absolute atomic E-state index is 3.73. The van der Waals surface area contributed by atoms with Crippen molar-refractivity contribution >= 4 is 0 Å². The predicted molar refractivity (Wildman–Crippen MR) is 92.8 cm³/mol. The van der Waals surface area contributed by atoms with E-state index in [1.54, 1.807) is 0 Å². The van der Waals surface area contributed by atoms with Gasteiger partial charge in [0.1, 0.15) is 0 Å². The third-order valence-electron chi connectivity index (χ3n) is 5.00. The van der Waals surface area contributed by atoms with Crippen molar-refractivity contribution in [3.05, 3.63) is 35.4 Å². The Morgan fingerprint density at radius 2 is 1.57 bits per heavy atom. The van der Waals surface area contributed by atoms with E-state index in [1.165, 1.54) is 62.5 Å². The zero-order valence-corrected chi connectivity index (χ0v) is 14.0. The van der Waals surface area contributed by atoms with Gasteiger partial charge in [0, 0.05) is 6.04 Å². The van der Waals surface area contributed by atoms with E-state index in [2.05, 4.69) is 43.4 Å². The average molecular weight is 287 g/mol. The molecule has 0 saturated heterocycles. The average Bonchev–Trinajstić information content (AvgIpc) is 2.77. The number of nitrogens with one attached hydrogen (secondary N) is 1. The standard InChI is InChI=1S/C20H33N/c1-3-17-11-13-19(14-12-17)16-20(21-4-2)15-18-9-7-5-6-8-10-18/h11-14,18,20-21H,3-10,15-16H2,1-2H3. The molecule has 0 bridgehead atoms. The van der Waals surface area contributed by atoms with E-state index in [-0.39, 0.29) is 0 Å². The molecule has 118 valence electrons. The second-order valence-electron chi connectivity index (χ2n) is 6.72. The molecule has 0 aliphatic heterocycles. The van der Waals surface area contributed by atoms with Crippen LogP contribution in [-0.4, -0.2) is 12.6 Å². The first-order valence-corrected chi connectivity index (χ1v) is 9.13. The lowest BCUT2D eigenvalue weighted by Gasteiger charge is -2.23. The summed E-state index contributed by atoms with van der Waals surface area (Å²) in [4.78, 5) is 0. The van der Waals surface area contributed by atoms with E-state index in [9.17, 15) is 0 Å². The van der Waals surface area contributed by atoms with Crippen molar-refractivity contribution in [3.63, 3.8) is 0 Å². The molecule has 0 amide bonds. The molecule has 1 aliphatic rings. The van der Waals surface area contributed by atoms with E-state index in [4.69, 9.17) is 0 Å². The van der Waals surface area contributed by atoms with Crippen LogP contribution in [0.25, 0.3) is 0 Å². The summed E-state index contributed by atoms with van der Waals surface area (Å²) in [5, 5.41) is 3.73. The minimum Gasteiger partial charge on any atom is -0.314 e. The van der Waals surface area contributed by atoms with Crippen molar-refractivity contribution in [1.82, 2.24) is 5.32 Å². The molecule has 1 heteroatoms. The van der Waals surface area contributed by atoms with Gasteiger partial charge in [-0.15, -0.1) is 0 Å². The second-order valence-corrected chi connectivity index (χ2v) is 6.72. The molecule has 1 atom stereocenters. The Bertz CT molecular complexity index is 373. The number of hydrogen-bond acceptors (Lipinski definition) is 1. The van der Waals surface area contributed by atoms with E-state index in [1.807, 2.05) is 0 Å². The summed E-state index contributed by atoms with van der Waals surface area (Å²) >= 11 is 0. The van der Waals surface area contributed by atoms with Crippen LogP contribution < -0.4 is 5.32 Å². The van der Waals surface area contributed by atoms with E-state index in [0.29, 0.717) is 6.04 Å². The molecule has 1 unspecified atom stereocenters. The smallest absolute Gasteiger partial charge is 0.0110 e. The topological polar surface area (TPSA) is 12.0 Å². The maximum atomic E-state index is 3.73. The Morgan fingerprint density at radius 3 is 2.14 bits per heavy atom. The van der Waals surface area contributed by atoms with Gasteiger partial charge in [-0.1, -0.05) is 76.6 Å². The quantitative estimate of drug-likeness (QED) is 0.685. The molecule has 0 radical (unpaired) electrons. The molecule has 21 heavy (non-hydrogen) atoms. The molecular weight excluding hydrogens is 254 g/mol. The van der Waals surface area contributed by atoms with Crippen LogP contribution in [0.1, 0.15) is 69.9 Å². The zero-order chi connectivity index (χ0) is 14.9. The summed E-state index contributed by atoms with van der Waals surface area (Å²) < 4.78 is 0. The van der Waals surface area contributed by atoms with Gasteiger partial charge in [0.2, 0.25) is 0 Å². The van der Waals surface area contributed by atoms with Crippen molar-refractivity contribution in [1.29, 1.82) is 0 Å². The van der Waals surface area contributed by atoms with Gasteiger partial charge in [-0.05, 0) is 42.9 Å². The van der Waals surface area contributed by atoms with E-state index < -0.39 is 0 Å². The largest absolute Gasteiger partial charge is 0.314 e. The van der Waals surface area contributed by atoms with Crippen molar-refractivity contribution in [3.8, 4) is 0 Å². The highest BCUT2D eigenvalue weighted by Gasteiger charge is 2.18. The fourth-order valence-corrected chi connectivity index (χ4v) is 3.73. The van der Waals surface area contributed by atoms with Crippen LogP contribution in [0.5, 0.6) is 0 Å². The van der Waals surface area contributed by atoms with Gasteiger partial charge in [0.15, 0.2) is 0 Å². The summed E-state index contributed by atoms with van der Waals surface area (Å²) in [6.07, 6.45) is 12.4. The third kappa shape index (κ3) is 5.82. The van der Waals surface area contributed by atoms with Gasteiger partial charge in [0.25, 0.3) is 0 Å². The minimum absolute atomic E-state index is 0.658. The van der Waals surface area contributed by atoms with Crippen molar-refractivity contribution in [2.75, 3.05) is 6.54 Å². The first-order chi connectivity index (χ1) is 10.3. The van der Waals surface area contributed by atoms with Crippen molar-refractivity contribution in [2.45, 2.75) is 77.7 Å². The maximum Gasteiger partial charge on any atom is 0.0110 e. The van der Waals surface area contributed by atoms with Gasteiger partial charge in [0.05, 0.1) is 0 Å². The normalized spacial score (nSPS) is 18.4. The first kappa shape index (κ1) is 16.5. The number of hydrogen-bond donors (Lipinski definition) is 1. The molecule has 0 aromatic heterocycles. The highest BCUT2D eigenvalue weighted by atomic mass is 14.9. The molecule has 1 saturated carbocycles. The van der Waals surface area contributed by atoms with Gasteiger partial charge >= 0.3 is 0 Å². The van der Waals surface area contributed by atoms with Crippen LogP contribution in [0.4, 0.5) is 0 Å². The minimum atomic E-state index is 0.658. The molecule has 1 aliphatic carbocycles. The summed E-state index contributed by atoms with van der Waals surface area (Å²) in [5.74, 6) is 0.950. The van der Waals surface area contributed by atoms with Crippen molar-refractivity contribution < 1.29 is 0 Å². The van der Waals surface area contributed by atoms with Crippen molar-refractivity contribution in [2.24, 2.45) is 5.92 Å². The number of likely N-dealkylation sites (N-methyl/N-ethyl adjacent to an activating group) is 1. The van der Waals surface area contributed by atoms with Crippen LogP contribution in [0.15, 0.2) is 24.3 Å². The summed E-state index contributed by atoms with van der Waals surface area (Å²) in [6.45, 7) is 5.55. The lowest BCUT2D eigenvalue weighted by Crippen LogP contribution is -2.33. The van der Waals surface area contributed by atoms with Crippen LogP contribution in [0, 0.1) is 5.92 Å². The van der Waals surface area contributed by atoms with Crippen LogP contribution in [0.2, 0.25) is 0 Å². The Kier molecular flexibility index (Phi) is 7.29. The summed E-state index contributed by atoms with van der Waals surface area (Å²) in [7, 11) is 0. The van der Waals surface area contributed by atoms with Gasteiger partial charge in [-0.25, -0.2) is 0 Å². The summed E-state index contributed by atoms with van der Waals surface area (Å²) in [5.41, 5.74) is 2.94. The lowest BCUT2D eigenvalue weighted by atomic mass is 9.89. The first-order valence-electron chi connectivity index (χ1n) is 9.13. The molecule has 1 nitrogen and oxygen atoms in total. The van der Waals surface area contributed by atoms with E-state index >= 15 is 0 Å². The molecule has 1 N–H and O–H groups in total. The summed E-state index contributed by atoms with van der Waals surface area (Å²) in [6, 6.07) is 9.91. The SMILES string of the molecule is CCNC(Cc1ccc(CC)cc1)CC1CCCCCC1. The molecular formula is C20H33N. The monoisotopic (exact) mass is 287 g/mol. The molecule has 1 aromatic carbocycles. The highest BCUT2D eigenvalue weighted by Crippen LogP contribution is 2.27. The van der Waals surface area contributed by atoms with Gasteiger partial charge < -0.3 is 5.32 Å². The molecule has 1 aromatic rings. The molecule has 0 spiro atoms. The van der Waals surface area contributed by atoms with Crippen LogP contribution in [0.3, 0.4) is 0 Å². The van der Waals surface area contributed by atoms with E-state index in [0.717, 1.165) is 18.9 Å². The third-order valence-corrected chi connectivity index (χ3v) is 5.00. The highest BCUT2D eigenvalue weighted by molar-refractivity contribution is 5.23. The van der Waals surface area contributed by atoms with Crippen LogP contribution >= 0.6 is 0 Å². The lowest BCUT2D eigenvalue weighted by molar-refractivity contribution is 0.353. The molecule has 0 heterocycles.